The summed E-state index contributed by atoms with van der Waals surface area (Å²) < 4.78 is 5.92. The van der Waals surface area contributed by atoms with Crippen molar-refractivity contribution in [2.24, 2.45) is 11.8 Å². The minimum atomic E-state index is -0.0451. The van der Waals surface area contributed by atoms with E-state index in [1.807, 2.05) is 18.7 Å². The van der Waals surface area contributed by atoms with Gasteiger partial charge in [-0.2, -0.15) is 0 Å². The zero-order valence-corrected chi connectivity index (χ0v) is 16.9. The van der Waals surface area contributed by atoms with Crippen LogP contribution in [0.5, 0.6) is 0 Å². The first-order chi connectivity index (χ1) is 12.4. The SMILES string of the molecule is Cc1nc(C)c(C(=O)N2CCO[C@@H]3CC[C@H](C(=O)NCC(C)C)C[C@H]32)s1. The minimum Gasteiger partial charge on any atom is -0.374 e. The van der Waals surface area contributed by atoms with Crippen molar-refractivity contribution >= 4 is 23.2 Å². The van der Waals surface area contributed by atoms with Crippen molar-refractivity contribution in [3.05, 3.63) is 15.6 Å². The Kier molecular flexibility index (Phi) is 5.97. The third-order valence-corrected chi connectivity index (χ3v) is 6.29. The van der Waals surface area contributed by atoms with Gasteiger partial charge in [0.25, 0.3) is 5.91 Å². The van der Waals surface area contributed by atoms with Crippen molar-refractivity contribution in [2.75, 3.05) is 19.7 Å². The summed E-state index contributed by atoms with van der Waals surface area (Å²) in [5.41, 5.74) is 0.794. The molecule has 6 nitrogen and oxygen atoms in total. The number of aromatic nitrogens is 1. The monoisotopic (exact) mass is 379 g/mol. The number of thiazole rings is 1. The van der Waals surface area contributed by atoms with Gasteiger partial charge in [-0.3, -0.25) is 9.59 Å². The van der Waals surface area contributed by atoms with Gasteiger partial charge in [-0.15, -0.1) is 11.3 Å². The molecule has 144 valence electrons. The normalized spacial score (nSPS) is 25.9. The Morgan fingerprint density at radius 2 is 2.12 bits per heavy atom. The van der Waals surface area contributed by atoms with Crippen molar-refractivity contribution < 1.29 is 14.3 Å². The molecular weight excluding hydrogens is 350 g/mol. The number of aryl methyl sites for hydroxylation is 2. The van der Waals surface area contributed by atoms with Crippen LogP contribution in [0.1, 0.15) is 53.5 Å². The molecule has 3 rings (SSSR count). The van der Waals surface area contributed by atoms with Crippen LogP contribution >= 0.6 is 11.3 Å². The number of morpholine rings is 1. The number of nitrogens with zero attached hydrogens (tertiary/aromatic N) is 2. The maximum Gasteiger partial charge on any atom is 0.266 e. The number of nitrogens with one attached hydrogen (secondary N) is 1. The van der Waals surface area contributed by atoms with Gasteiger partial charge in [0, 0.05) is 19.0 Å². The molecule has 3 atom stereocenters. The molecule has 7 heteroatoms. The van der Waals surface area contributed by atoms with Crippen molar-refractivity contribution in [3.8, 4) is 0 Å². The van der Waals surface area contributed by atoms with Crippen molar-refractivity contribution in [2.45, 2.75) is 59.1 Å². The van der Waals surface area contributed by atoms with E-state index in [-0.39, 0.29) is 29.9 Å². The van der Waals surface area contributed by atoms with Crippen LogP contribution in [0.3, 0.4) is 0 Å². The van der Waals surface area contributed by atoms with Gasteiger partial charge in [-0.05, 0) is 39.0 Å². The number of fused-ring (bicyclic) bond motifs is 1. The number of carbonyl (C=O) groups excluding carboxylic acids is 2. The standard InChI is InChI=1S/C19H29N3O3S/c1-11(2)10-20-18(23)14-5-6-16-15(9-14)22(7-8-25-16)19(24)17-12(3)21-13(4)26-17/h11,14-16H,5-10H2,1-4H3,(H,20,23)/t14-,15+,16+/m0/s1. The molecule has 1 saturated carbocycles. The van der Waals surface area contributed by atoms with Gasteiger partial charge >= 0.3 is 0 Å². The molecule has 2 fully saturated rings. The van der Waals surface area contributed by atoms with Crippen LogP contribution in [0.4, 0.5) is 0 Å². The molecule has 0 unspecified atom stereocenters. The molecule has 1 aliphatic heterocycles. The fourth-order valence-electron chi connectivity index (χ4n) is 3.91. The van der Waals surface area contributed by atoms with Gasteiger partial charge in [-0.1, -0.05) is 13.8 Å². The molecule has 1 aromatic heterocycles. The van der Waals surface area contributed by atoms with Gasteiger partial charge < -0.3 is 15.0 Å². The predicted octanol–water partition coefficient (Wildman–Crippen LogP) is 2.54. The highest BCUT2D eigenvalue weighted by molar-refractivity contribution is 7.13. The summed E-state index contributed by atoms with van der Waals surface area (Å²) in [5.74, 6) is 0.537. The Hall–Kier alpha value is -1.47. The highest BCUT2D eigenvalue weighted by atomic mass is 32.1. The van der Waals surface area contributed by atoms with Crippen LogP contribution in [0.25, 0.3) is 0 Å². The Bertz CT molecular complexity index is 673. The Morgan fingerprint density at radius 3 is 2.77 bits per heavy atom. The molecule has 0 radical (unpaired) electrons. The fraction of sp³-hybridized carbons (Fsp3) is 0.737. The zero-order chi connectivity index (χ0) is 18.8. The molecule has 1 aromatic rings. The van der Waals surface area contributed by atoms with Crippen LogP contribution < -0.4 is 5.32 Å². The molecule has 1 aliphatic carbocycles. The van der Waals surface area contributed by atoms with Crippen molar-refractivity contribution in [1.82, 2.24) is 15.2 Å². The summed E-state index contributed by atoms with van der Waals surface area (Å²) in [5, 5.41) is 3.95. The second-order valence-electron chi connectivity index (χ2n) is 7.77. The van der Waals surface area contributed by atoms with Gasteiger partial charge in [-0.25, -0.2) is 4.98 Å². The third kappa shape index (κ3) is 4.09. The smallest absolute Gasteiger partial charge is 0.266 e. The van der Waals surface area contributed by atoms with E-state index in [2.05, 4.69) is 24.1 Å². The Labute approximate surface area is 159 Å². The lowest BCUT2D eigenvalue weighted by Crippen LogP contribution is -2.57. The average molecular weight is 380 g/mol. The van der Waals surface area contributed by atoms with E-state index in [1.165, 1.54) is 11.3 Å². The van der Waals surface area contributed by atoms with Gasteiger partial charge in [0.1, 0.15) is 4.88 Å². The number of ether oxygens (including phenoxy) is 1. The number of hydrogen-bond acceptors (Lipinski definition) is 5. The highest BCUT2D eigenvalue weighted by Crippen LogP contribution is 2.34. The van der Waals surface area contributed by atoms with Gasteiger partial charge in [0.05, 0.1) is 29.5 Å². The summed E-state index contributed by atoms with van der Waals surface area (Å²) in [7, 11) is 0. The zero-order valence-electron chi connectivity index (χ0n) is 16.1. The number of amides is 2. The van der Waals surface area contributed by atoms with E-state index in [0.717, 1.165) is 28.4 Å². The molecule has 26 heavy (non-hydrogen) atoms. The predicted molar refractivity (Wildman–Crippen MR) is 101 cm³/mol. The molecule has 2 heterocycles. The van der Waals surface area contributed by atoms with Crippen LogP contribution in [-0.4, -0.2) is 53.5 Å². The van der Waals surface area contributed by atoms with E-state index in [0.29, 0.717) is 32.0 Å². The summed E-state index contributed by atoms with van der Waals surface area (Å²) in [6, 6.07) is -0.0263. The van der Waals surface area contributed by atoms with Gasteiger partial charge in [0.15, 0.2) is 0 Å². The maximum atomic E-state index is 13.1. The molecular formula is C19H29N3O3S. The maximum absolute atomic E-state index is 13.1. The second-order valence-corrected chi connectivity index (χ2v) is 8.97. The second kappa shape index (κ2) is 8.05. The summed E-state index contributed by atoms with van der Waals surface area (Å²) in [4.78, 5) is 32.7. The third-order valence-electron chi connectivity index (χ3n) is 5.23. The lowest BCUT2D eigenvalue weighted by Gasteiger charge is -2.45. The summed E-state index contributed by atoms with van der Waals surface area (Å²) in [6.45, 7) is 9.83. The largest absolute Gasteiger partial charge is 0.374 e. The van der Waals surface area contributed by atoms with E-state index in [1.54, 1.807) is 0 Å². The molecule has 1 N–H and O–H groups in total. The van der Waals surface area contributed by atoms with Crippen molar-refractivity contribution in [1.29, 1.82) is 0 Å². The number of carbonyl (C=O) groups is 2. The number of rotatable bonds is 4. The summed E-state index contributed by atoms with van der Waals surface area (Å²) in [6.07, 6.45) is 2.37. The molecule has 0 bridgehead atoms. The Balaban J connectivity index is 1.72. The first kappa shape index (κ1) is 19.3. The average Bonchev–Trinajstić information content (AvgIpc) is 2.96. The fourth-order valence-corrected chi connectivity index (χ4v) is 4.78. The van der Waals surface area contributed by atoms with Crippen molar-refractivity contribution in [3.63, 3.8) is 0 Å². The minimum absolute atomic E-state index is 0.0263. The number of hydrogen-bond donors (Lipinski definition) is 1. The van der Waals surface area contributed by atoms with Crippen LogP contribution in [0, 0.1) is 25.7 Å². The van der Waals surface area contributed by atoms with E-state index in [4.69, 9.17) is 4.74 Å². The molecule has 2 aliphatic rings. The lowest BCUT2D eigenvalue weighted by atomic mass is 9.81. The molecule has 0 aromatic carbocycles. The summed E-state index contributed by atoms with van der Waals surface area (Å²) >= 11 is 1.45. The highest BCUT2D eigenvalue weighted by Gasteiger charge is 2.42. The van der Waals surface area contributed by atoms with Crippen LogP contribution in [-0.2, 0) is 9.53 Å². The van der Waals surface area contributed by atoms with Gasteiger partial charge in [0.2, 0.25) is 5.91 Å². The molecule has 1 saturated heterocycles. The topological polar surface area (TPSA) is 71.5 Å². The van der Waals surface area contributed by atoms with E-state index >= 15 is 0 Å². The Morgan fingerprint density at radius 1 is 1.35 bits per heavy atom. The first-order valence-corrected chi connectivity index (χ1v) is 10.3. The van der Waals surface area contributed by atoms with E-state index < -0.39 is 0 Å². The van der Waals surface area contributed by atoms with Crippen LogP contribution in [0.2, 0.25) is 0 Å². The van der Waals surface area contributed by atoms with E-state index in [9.17, 15) is 9.59 Å². The first-order valence-electron chi connectivity index (χ1n) is 9.51. The van der Waals surface area contributed by atoms with Crippen LogP contribution in [0.15, 0.2) is 0 Å². The quantitative estimate of drug-likeness (QED) is 0.873. The lowest BCUT2D eigenvalue weighted by molar-refractivity contribution is -0.131. The molecule has 2 amide bonds. The molecule has 0 spiro atoms.